The van der Waals surface area contributed by atoms with Crippen molar-refractivity contribution in [1.29, 1.82) is 0 Å². The Morgan fingerprint density at radius 2 is 2.00 bits per heavy atom. The first kappa shape index (κ1) is 19.2. The lowest BCUT2D eigenvalue weighted by molar-refractivity contribution is 0.0161. The molecular weight excluding hydrogens is 375 g/mol. The van der Waals surface area contributed by atoms with Crippen LogP contribution in [-0.4, -0.2) is 53.8 Å². The highest BCUT2D eigenvalue weighted by molar-refractivity contribution is 5.92. The van der Waals surface area contributed by atoms with E-state index in [9.17, 15) is 9.18 Å². The lowest BCUT2D eigenvalue weighted by atomic mass is 10.1. The van der Waals surface area contributed by atoms with Crippen LogP contribution in [0.4, 0.5) is 4.39 Å². The number of hydrogen-bond donors (Lipinski definition) is 1. The molecule has 150 valence electrons. The molecule has 3 heterocycles. The average Bonchev–Trinajstić information content (AvgIpc) is 3.26. The first-order chi connectivity index (χ1) is 14.2. The van der Waals surface area contributed by atoms with Gasteiger partial charge < -0.3 is 14.6 Å². The minimum absolute atomic E-state index is 0.0176. The number of aromatic nitrogens is 2. The fourth-order valence-electron chi connectivity index (χ4n) is 3.34. The third-order valence-electron chi connectivity index (χ3n) is 4.89. The Hall–Kier alpha value is -3.10. The molecule has 1 aliphatic rings. The Bertz CT molecular complexity index is 940. The molecule has 1 fully saturated rings. The van der Waals surface area contributed by atoms with Crippen molar-refractivity contribution in [2.24, 2.45) is 0 Å². The number of amides is 1. The summed E-state index contributed by atoms with van der Waals surface area (Å²) in [5.74, 6) is -0.580. The van der Waals surface area contributed by atoms with Gasteiger partial charge in [0.2, 0.25) is 5.76 Å². The standard InChI is InChI=1S/C21H21FN4O3/c22-17-5-3-15(4-6-17)18-12-20(29-25-18)21(27)24-14-19(16-2-1-7-23-13-16)26-8-10-28-11-9-26/h1-7,12-13,19H,8-11,14H2,(H,24,27)/t19-/m0/s1. The summed E-state index contributed by atoms with van der Waals surface area (Å²) in [7, 11) is 0. The van der Waals surface area contributed by atoms with Crippen LogP contribution in [0.15, 0.2) is 59.4 Å². The van der Waals surface area contributed by atoms with E-state index in [-0.39, 0.29) is 23.5 Å². The predicted molar refractivity (Wildman–Crippen MR) is 104 cm³/mol. The summed E-state index contributed by atoms with van der Waals surface area (Å²) in [6.07, 6.45) is 3.54. The molecule has 2 aromatic heterocycles. The molecule has 1 aliphatic heterocycles. The molecule has 1 saturated heterocycles. The molecule has 0 radical (unpaired) electrons. The zero-order valence-corrected chi connectivity index (χ0v) is 15.8. The van der Waals surface area contributed by atoms with Gasteiger partial charge in [0.05, 0.1) is 19.3 Å². The van der Waals surface area contributed by atoms with Crippen molar-refractivity contribution in [1.82, 2.24) is 20.4 Å². The average molecular weight is 396 g/mol. The van der Waals surface area contributed by atoms with Crippen LogP contribution < -0.4 is 5.32 Å². The third kappa shape index (κ3) is 4.67. The van der Waals surface area contributed by atoms with E-state index in [2.05, 4.69) is 20.4 Å². The number of nitrogens with one attached hydrogen (secondary N) is 1. The molecule has 1 amide bonds. The lowest BCUT2D eigenvalue weighted by Crippen LogP contribution is -2.43. The van der Waals surface area contributed by atoms with Crippen LogP contribution in [0.2, 0.25) is 0 Å². The van der Waals surface area contributed by atoms with Gasteiger partial charge in [-0.15, -0.1) is 0 Å². The zero-order valence-electron chi connectivity index (χ0n) is 15.8. The first-order valence-corrected chi connectivity index (χ1v) is 9.43. The molecule has 8 heteroatoms. The smallest absolute Gasteiger partial charge is 0.289 e. The second-order valence-electron chi connectivity index (χ2n) is 6.74. The molecular formula is C21H21FN4O3. The van der Waals surface area contributed by atoms with Crippen molar-refractivity contribution in [3.05, 3.63) is 72.0 Å². The van der Waals surface area contributed by atoms with Crippen molar-refractivity contribution in [3.8, 4) is 11.3 Å². The monoisotopic (exact) mass is 396 g/mol. The van der Waals surface area contributed by atoms with E-state index >= 15 is 0 Å². The quantitative estimate of drug-likeness (QED) is 0.690. The van der Waals surface area contributed by atoms with Crippen LogP contribution in [0.5, 0.6) is 0 Å². The van der Waals surface area contributed by atoms with E-state index in [1.807, 2.05) is 18.3 Å². The van der Waals surface area contributed by atoms with Crippen LogP contribution >= 0.6 is 0 Å². The highest BCUT2D eigenvalue weighted by Crippen LogP contribution is 2.22. The van der Waals surface area contributed by atoms with Crippen LogP contribution in [-0.2, 0) is 4.74 Å². The van der Waals surface area contributed by atoms with Gasteiger partial charge in [0, 0.05) is 43.7 Å². The summed E-state index contributed by atoms with van der Waals surface area (Å²) in [5.41, 5.74) is 2.18. The van der Waals surface area contributed by atoms with E-state index in [1.54, 1.807) is 24.4 Å². The lowest BCUT2D eigenvalue weighted by Gasteiger charge is -2.34. The normalized spacial score (nSPS) is 15.8. The Morgan fingerprint density at radius 1 is 1.21 bits per heavy atom. The van der Waals surface area contributed by atoms with Gasteiger partial charge in [-0.05, 0) is 35.9 Å². The summed E-state index contributed by atoms with van der Waals surface area (Å²) in [6.45, 7) is 3.29. The van der Waals surface area contributed by atoms with E-state index < -0.39 is 0 Å². The number of hydrogen-bond acceptors (Lipinski definition) is 6. The maximum atomic E-state index is 13.1. The van der Waals surface area contributed by atoms with Crippen molar-refractivity contribution in [2.75, 3.05) is 32.8 Å². The number of carbonyl (C=O) groups excluding carboxylic acids is 1. The van der Waals surface area contributed by atoms with Crippen LogP contribution in [0.25, 0.3) is 11.3 Å². The molecule has 0 bridgehead atoms. The summed E-state index contributed by atoms with van der Waals surface area (Å²) in [5, 5.41) is 6.84. The van der Waals surface area contributed by atoms with Crippen LogP contribution in [0.1, 0.15) is 22.2 Å². The molecule has 0 spiro atoms. The Kier molecular flexibility index (Phi) is 5.92. The minimum atomic E-state index is -0.354. The molecule has 0 unspecified atom stereocenters. The summed E-state index contributed by atoms with van der Waals surface area (Å²) in [6, 6.07) is 11.3. The molecule has 7 nitrogen and oxygen atoms in total. The van der Waals surface area contributed by atoms with Gasteiger partial charge in [-0.2, -0.15) is 0 Å². The van der Waals surface area contributed by atoms with Gasteiger partial charge in [0.25, 0.3) is 5.91 Å². The van der Waals surface area contributed by atoms with Crippen LogP contribution in [0, 0.1) is 5.82 Å². The highest BCUT2D eigenvalue weighted by atomic mass is 19.1. The van der Waals surface area contributed by atoms with Gasteiger partial charge in [-0.25, -0.2) is 4.39 Å². The SMILES string of the molecule is O=C(NC[C@@H](c1cccnc1)N1CCOCC1)c1cc(-c2ccc(F)cc2)no1. The largest absolute Gasteiger partial charge is 0.379 e. The summed E-state index contributed by atoms with van der Waals surface area (Å²) < 4.78 is 23.7. The fraction of sp³-hybridized carbons (Fsp3) is 0.286. The number of rotatable bonds is 6. The van der Waals surface area contributed by atoms with E-state index in [0.717, 1.165) is 18.7 Å². The van der Waals surface area contributed by atoms with Crippen LogP contribution in [0.3, 0.4) is 0 Å². The number of benzene rings is 1. The predicted octanol–water partition coefficient (Wildman–Crippen LogP) is 2.68. The first-order valence-electron chi connectivity index (χ1n) is 9.43. The number of halogens is 1. The molecule has 4 rings (SSSR count). The van der Waals surface area contributed by atoms with Gasteiger partial charge >= 0.3 is 0 Å². The van der Waals surface area contributed by atoms with E-state index in [1.165, 1.54) is 12.1 Å². The van der Waals surface area contributed by atoms with Gasteiger partial charge in [-0.3, -0.25) is 14.7 Å². The Morgan fingerprint density at radius 3 is 2.72 bits per heavy atom. The molecule has 1 N–H and O–H groups in total. The van der Waals surface area contributed by atoms with E-state index in [0.29, 0.717) is 31.0 Å². The van der Waals surface area contributed by atoms with E-state index in [4.69, 9.17) is 9.26 Å². The second-order valence-corrected chi connectivity index (χ2v) is 6.74. The number of pyridine rings is 1. The Balaban J connectivity index is 1.44. The number of carbonyl (C=O) groups is 1. The molecule has 3 aromatic rings. The minimum Gasteiger partial charge on any atom is -0.379 e. The zero-order chi connectivity index (χ0) is 20.1. The van der Waals surface area contributed by atoms with Crippen molar-refractivity contribution in [3.63, 3.8) is 0 Å². The summed E-state index contributed by atoms with van der Waals surface area (Å²) >= 11 is 0. The van der Waals surface area contributed by atoms with Gasteiger partial charge in [0.15, 0.2) is 0 Å². The maximum Gasteiger partial charge on any atom is 0.289 e. The molecule has 0 aliphatic carbocycles. The van der Waals surface area contributed by atoms with Crippen molar-refractivity contribution >= 4 is 5.91 Å². The molecule has 1 aromatic carbocycles. The second kappa shape index (κ2) is 8.93. The number of ether oxygens (including phenoxy) is 1. The molecule has 1 atom stereocenters. The summed E-state index contributed by atoms with van der Waals surface area (Å²) in [4.78, 5) is 19.1. The number of morpholine rings is 1. The molecule has 29 heavy (non-hydrogen) atoms. The van der Waals surface area contributed by atoms with Gasteiger partial charge in [0.1, 0.15) is 11.5 Å². The van der Waals surface area contributed by atoms with Crippen molar-refractivity contribution < 1.29 is 18.4 Å². The fourth-order valence-corrected chi connectivity index (χ4v) is 3.34. The third-order valence-corrected chi connectivity index (χ3v) is 4.89. The Labute approximate surface area is 167 Å². The topological polar surface area (TPSA) is 80.5 Å². The van der Waals surface area contributed by atoms with Gasteiger partial charge in [-0.1, -0.05) is 11.2 Å². The highest BCUT2D eigenvalue weighted by Gasteiger charge is 2.24. The number of nitrogens with zero attached hydrogens (tertiary/aromatic N) is 3. The van der Waals surface area contributed by atoms with Crippen molar-refractivity contribution in [2.45, 2.75) is 6.04 Å². The maximum absolute atomic E-state index is 13.1. The molecule has 0 saturated carbocycles.